The van der Waals surface area contributed by atoms with Gasteiger partial charge in [-0.1, -0.05) is 24.3 Å². The van der Waals surface area contributed by atoms with E-state index < -0.39 is 5.60 Å². The number of hydrogen-bond donors (Lipinski definition) is 1. The summed E-state index contributed by atoms with van der Waals surface area (Å²) >= 11 is 0. The third kappa shape index (κ3) is 3.11. The summed E-state index contributed by atoms with van der Waals surface area (Å²) < 4.78 is 10.6. The van der Waals surface area contributed by atoms with Gasteiger partial charge in [-0.05, 0) is 42.7 Å². The van der Waals surface area contributed by atoms with Crippen molar-refractivity contribution in [1.29, 1.82) is 0 Å². The van der Waals surface area contributed by atoms with Gasteiger partial charge in [0.05, 0.1) is 19.8 Å². The number of ether oxygens (including phenoxy) is 2. The summed E-state index contributed by atoms with van der Waals surface area (Å²) in [7, 11) is 3.27. The Morgan fingerprint density at radius 3 is 1.70 bits per heavy atom. The maximum Gasteiger partial charge on any atom is 0.123 e. The van der Waals surface area contributed by atoms with Crippen molar-refractivity contribution in [3.05, 3.63) is 48.0 Å². The van der Waals surface area contributed by atoms with Crippen molar-refractivity contribution in [2.75, 3.05) is 14.2 Å². The number of rotatable bonds is 4. The zero-order valence-corrected chi connectivity index (χ0v) is 12.3. The SMILES string of the molecule is COc1cc(OC)cc(-c2ccc(C(C)(C)O)cc2)c1. The molecule has 0 unspecified atom stereocenters. The van der Waals surface area contributed by atoms with E-state index in [4.69, 9.17) is 9.47 Å². The van der Waals surface area contributed by atoms with Crippen LogP contribution in [-0.2, 0) is 5.60 Å². The molecule has 0 fully saturated rings. The van der Waals surface area contributed by atoms with E-state index in [0.717, 1.165) is 28.2 Å². The van der Waals surface area contributed by atoms with E-state index in [2.05, 4.69) is 0 Å². The Morgan fingerprint density at radius 2 is 1.30 bits per heavy atom. The molecule has 0 spiro atoms. The summed E-state index contributed by atoms with van der Waals surface area (Å²) in [5.74, 6) is 1.51. The highest BCUT2D eigenvalue weighted by atomic mass is 16.5. The van der Waals surface area contributed by atoms with Gasteiger partial charge in [0.1, 0.15) is 11.5 Å². The third-order valence-electron chi connectivity index (χ3n) is 3.28. The Labute approximate surface area is 119 Å². The molecule has 3 heteroatoms. The summed E-state index contributed by atoms with van der Waals surface area (Å²) in [6.07, 6.45) is 0. The molecular weight excluding hydrogens is 252 g/mol. The molecule has 20 heavy (non-hydrogen) atoms. The van der Waals surface area contributed by atoms with Crippen LogP contribution in [0.25, 0.3) is 11.1 Å². The highest BCUT2D eigenvalue weighted by molar-refractivity contribution is 5.67. The second-order valence-electron chi connectivity index (χ2n) is 5.24. The summed E-state index contributed by atoms with van der Waals surface area (Å²) in [4.78, 5) is 0. The van der Waals surface area contributed by atoms with Gasteiger partial charge in [0, 0.05) is 6.07 Å². The van der Waals surface area contributed by atoms with Crippen molar-refractivity contribution in [3.8, 4) is 22.6 Å². The Hall–Kier alpha value is -2.00. The summed E-state index contributed by atoms with van der Waals surface area (Å²) in [5.41, 5.74) is 2.12. The highest BCUT2D eigenvalue weighted by Gasteiger charge is 2.15. The van der Waals surface area contributed by atoms with Crippen molar-refractivity contribution in [3.63, 3.8) is 0 Å². The van der Waals surface area contributed by atoms with Crippen LogP contribution in [0.4, 0.5) is 0 Å². The minimum atomic E-state index is -0.829. The molecular formula is C17H20O3. The van der Waals surface area contributed by atoms with Crippen LogP contribution in [0.2, 0.25) is 0 Å². The van der Waals surface area contributed by atoms with Crippen LogP contribution in [0, 0.1) is 0 Å². The van der Waals surface area contributed by atoms with Gasteiger partial charge in [-0.3, -0.25) is 0 Å². The fraction of sp³-hybridized carbons (Fsp3) is 0.294. The van der Waals surface area contributed by atoms with Crippen LogP contribution in [0.15, 0.2) is 42.5 Å². The first kappa shape index (κ1) is 14.4. The van der Waals surface area contributed by atoms with Crippen molar-refractivity contribution in [1.82, 2.24) is 0 Å². The fourth-order valence-corrected chi connectivity index (χ4v) is 2.04. The first-order valence-electron chi connectivity index (χ1n) is 6.50. The third-order valence-corrected chi connectivity index (χ3v) is 3.28. The second-order valence-corrected chi connectivity index (χ2v) is 5.24. The minimum absolute atomic E-state index is 0.755. The Morgan fingerprint density at radius 1 is 0.800 bits per heavy atom. The molecule has 0 aliphatic carbocycles. The lowest BCUT2D eigenvalue weighted by Crippen LogP contribution is -2.14. The Bertz CT molecular complexity index is 558. The zero-order chi connectivity index (χ0) is 14.8. The molecule has 0 saturated heterocycles. The highest BCUT2D eigenvalue weighted by Crippen LogP contribution is 2.31. The van der Waals surface area contributed by atoms with Gasteiger partial charge < -0.3 is 14.6 Å². The van der Waals surface area contributed by atoms with Crippen LogP contribution in [0.1, 0.15) is 19.4 Å². The normalized spacial score (nSPS) is 11.2. The first-order chi connectivity index (χ1) is 9.44. The lowest BCUT2D eigenvalue weighted by atomic mass is 9.95. The lowest BCUT2D eigenvalue weighted by Gasteiger charge is -2.18. The van der Waals surface area contributed by atoms with Crippen molar-refractivity contribution < 1.29 is 14.6 Å². The van der Waals surface area contributed by atoms with Crippen LogP contribution >= 0.6 is 0 Å². The molecule has 0 saturated carbocycles. The molecule has 2 rings (SSSR count). The van der Waals surface area contributed by atoms with E-state index in [9.17, 15) is 5.11 Å². The summed E-state index contributed by atoms with van der Waals surface area (Å²) in [6, 6.07) is 13.6. The quantitative estimate of drug-likeness (QED) is 0.924. The zero-order valence-electron chi connectivity index (χ0n) is 12.3. The van der Waals surface area contributed by atoms with Crippen molar-refractivity contribution in [2.24, 2.45) is 0 Å². The van der Waals surface area contributed by atoms with Crippen LogP contribution in [0.5, 0.6) is 11.5 Å². The Balaban J connectivity index is 2.41. The Kier molecular flexibility index (Phi) is 4.00. The topological polar surface area (TPSA) is 38.7 Å². The smallest absolute Gasteiger partial charge is 0.123 e. The van der Waals surface area contributed by atoms with Gasteiger partial charge in [0.25, 0.3) is 0 Å². The molecule has 0 bridgehead atoms. The van der Waals surface area contributed by atoms with Crippen LogP contribution in [0.3, 0.4) is 0 Å². The molecule has 0 aliphatic rings. The monoisotopic (exact) mass is 272 g/mol. The molecule has 0 aliphatic heterocycles. The van der Waals surface area contributed by atoms with E-state index in [1.54, 1.807) is 28.1 Å². The molecule has 0 amide bonds. The average molecular weight is 272 g/mol. The molecule has 0 radical (unpaired) electrons. The van der Waals surface area contributed by atoms with Gasteiger partial charge in [0.15, 0.2) is 0 Å². The molecule has 106 valence electrons. The van der Waals surface area contributed by atoms with E-state index >= 15 is 0 Å². The molecule has 1 N–H and O–H groups in total. The maximum atomic E-state index is 9.97. The predicted molar refractivity (Wildman–Crippen MR) is 80.2 cm³/mol. The predicted octanol–water partition coefficient (Wildman–Crippen LogP) is 3.60. The number of hydrogen-bond acceptors (Lipinski definition) is 3. The summed E-state index contributed by atoms with van der Waals surface area (Å²) in [6.45, 7) is 3.55. The average Bonchev–Trinajstić information content (AvgIpc) is 2.46. The van der Waals surface area contributed by atoms with Crippen molar-refractivity contribution >= 4 is 0 Å². The van der Waals surface area contributed by atoms with Crippen LogP contribution in [-0.4, -0.2) is 19.3 Å². The van der Waals surface area contributed by atoms with Gasteiger partial charge in [-0.2, -0.15) is 0 Å². The fourth-order valence-electron chi connectivity index (χ4n) is 2.04. The first-order valence-corrected chi connectivity index (χ1v) is 6.50. The summed E-state index contributed by atoms with van der Waals surface area (Å²) in [5, 5.41) is 9.97. The molecule has 0 heterocycles. The van der Waals surface area contributed by atoms with Gasteiger partial charge in [0.2, 0.25) is 0 Å². The number of aliphatic hydroxyl groups is 1. The lowest BCUT2D eigenvalue weighted by molar-refractivity contribution is 0.0786. The van der Waals surface area contributed by atoms with E-state index in [1.165, 1.54) is 0 Å². The largest absolute Gasteiger partial charge is 0.497 e. The minimum Gasteiger partial charge on any atom is -0.497 e. The van der Waals surface area contributed by atoms with E-state index in [1.807, 2.05) is 42.5 Å². The molecule has 0 atom stereocenters. The van der Waals surface area contributed by atoms with Crippen LogP contribution < -0.4 is 9.47 Å². The van der Waals surface area contributed by atoms with Crippen molar-refractivity contribution in [2.45, 2.75) is 19.4 Å². The number of benzene rings is 2. The second kappa shape index (κ2) is 5.55. The number of methoxy groups -OCH3 is 2. The van der Waals surface area contributed by atoms with Gasteiger partial charge >= 0.3 is 0 Å². The van der Waals surface area contributed by atoms with Gasteiger partial charge in [-0.25, -0.2) is 0 Å². The maximum absolute atomic E-state index is 9.97. The van der Waals surface area contributed by atoms with E-state index in [-0.39, 0.29) is 0 Å². The molecule has 2 aromatic rings. The van der Waals surface area contributed by atoms with Gasteiger partial charge in [-0.15, -0.1) is 0 Å². The van der Waals surface area contributed by atoms with E-state index in [0.29, 0.717) is 0 Å². The molecule has 3 nitrogen and oxygen atoms in total. The molecule has 0 aromatic heterocycles. The molecule has 2 aromatic carbocycles. The standard InChI is InChI=1S/C17H20O3/c1-17(2,18)14-7-5-12(6-8-14)13-9-15(19-3)11-16(10-13)20-4/h5-11,18H,1-4H3.